The lowest BCUT2D eigenvalue weighted by atomic mass is 10.3. The van der Waals surface area contributed by atoms with E-state index in [9.17, 15) is 0 Å². The summed E-state index contributed by atoms with van der Waals surface area (Å²) in [6, 6.07) is 11.3. The summed E-state index contributed by atoms with van der Waals surface area (Å²) in [7, 11) is 0. The third kappa shape index (κ3) is 2.14. The summed E-state index contributed by atoms with van der Waals surface area (Å²) in [5, 5.41) is 7.60. The Morgan fingerprint density at radius 2 is 1.91 bits per heavy atom. The number of hydrogen-bond acceptors (Lipinski definition) is 5. The van der Waals surface area contributed by atoms with E-state index in [1.54, 1.807) is 17.0 Å². The minimum absolute atomic E-state index is 0.525. The molecule has 0 radical (unpaired) electrons. The smallest absolute Gasteiger partial charge is 0.247 e. The van der Waals surface area contributed by atoms with E-state index in [0.717, 1.165) is 22.7 Å². The fourth-order valence-electron chi connectivity index (χ4n) is 2.24. The third-order valence-electron chi connectivity index (χ3n) is 3.29. The average Bonchev–Trinajstić information content (AvgIpc) is 3.18. The van der Waals surface area contributed by atoms with Crippen molar-refractivity contribution in [2.45, 2.75) is 0 Å². The molecule has 3 N–H and O–H groups in total. The molecule has 0 aliphatic carbocycles. The topological polar surface area (TPSA) is 86.1 Å². The standard InChI is InChI=1S/C15H13N7/c16-11-3-5-12(6-4-11)18-15-19-14-13(21-9-7-17-10-21)2-1-8-22(14)20-15/h1-10H,16H2,(H,18,20). The minimum Gasteiger partial charge on any atom is -0.399 e. The van der Waals surface area contributed by atoms with Gasteiger partial charge >= 0.3 is 0 Å². The number of nitrogen functional groups attached to an aromatic ring is 1. The molecule has 0 fully saturated rings. The first-order valence-corrected chi connectivity index (χ1v) is 6.76. The molecule has 4 aromatic rings. The second kappa shape index (κ2) is 4.88. The monoisotopic (exact) mass is 291 g/mol. The number of benzene rings is 1. The van der Waals surface area contributed by atoms with Crippen molar-refractivity contribution in [2.75, 3.05) is 11.1 Å². The number of anilines is 3. The van der Waals surface area contributed by atoms with Crippen LogP contribution in [0.4, 0.5) is 17.3 Å². The number of imidazole rings is 1. The van der Waals surface area contributed by atoms with E-state index in [1.807, 2.05) is 53.4 Å². The Kier molecular flexibility index (Phi) is 2.75. The maximum atomic E-state index is 5.68. The largest absolute Gasteiger partial charge is 0.399 e. The predicted octanol–water partition coefficient (Wildman–Crippen LogP) is 2.24. The van der Waals surface area contributed by atoms with E-state index in [0.29, 0.717) is 5.95 Å². The van der Waals surface area contributed by atoms with E-state index in [2.05, 4.69) is 20.4 Å². The van der Waals surface area contributed by atoms with Crippen molar-refractivity contribution in [2.24, 2.45) is 0 Å². The second-order valence-electron chi connectivity index (χ2n) is 4.81. The molecule has 7 heteroatoms. The van der Waals surface area contributed by atoms with Crippen molar-refractivity contribution in [3.05, 3.63) is 61.3 Å². The predicted molar refractivity (Wildman–Crippen MR) is 84.2 cm³/mol. The molecule has 7 nitrogen and oxygen atoms in total. The van der Waals surface area contributed by atoms with Gasteiger partial charge in [-0.05, 0) is 36.4 Å². The van der Waals surface area contributed by atoms with Crippen LogP contribution in [0.3, 0.4) is 0 Å². The van der Waals surface area contributed by atoms with Gasteiger partial charge in [0.1, 0.15) is 0 Å². The Labute approximate surface area is 126 Å². The van der Waals surface area contributed by atoms with Gasteiger partial charge in [0.25, 0.3) is 0 Å². The summed E-state index contributed by atoms with van der Waals surface area (Å²) in [5.41, 5.74) is 8.95. The number of fused-ring (bicyclic) bond motifs is 1. The molecule has 0 spiro atoms. The van der Waals surface area contributed by atoms with Crippen LogP contribution < -0.4 is 11.1 Å². The zero-order chi connectivity index (χ0) is 14.9. The summed E-state index contributed by atoms with van der Waals surface area (Å²) in [5.74, 6) is 0.525. The lowest BCUT2D eigenvalue weighted by Crippen LogP contribution is -1.95. The summed E-state index contributed by atoms with van der Waals surface area (Å²) in [6.07, 6.45) is 7.19. The lowest BCUT2D eigenvalue weighted by molar-refractivity contribution is 0.946. The zero-order valence-electron chi connectivity index (χ0n) is 11.6. The number of nitrogens with two attached hydrogens (primary N) is 1. The van der Waals surface area contributed by atoms with Gasteiger partial charge < -0.3 is 15.6 Å². The minimum atomic E-state index is 0.525. The molecule has 4 rings (SSSR count). The van der Waals surface area contributed by atoms with E-state index >= 15 is 0 Å². The molecule has 3 heterocycles. The van der Waals surface area contributed by atoms with Gasteiger partial charge in [0.2, 0.25) is 5.95 Å². The molecule has 0 atom stereocenters. The summed E-state index contributed by atoms with van der Waals surface area (Å²) in [4.78, 5) is 8.61. The molecule has 108 valence electrons. The van der Waals surface area contributed by atoms with Crippen LogP contribution >= 0.6 is 0 Å². The zero-order valence-corrected chi connectivity index (χ0v) is 11.6. The third-order valence-corrected chi connectivity index (χ3v) is 3.29. The molecule has 0 saturated heterocycles. The highest BCUT2D eigenvalue weighted by molar-refractivity contribution is 5.63. The van der Waals surface area contributed by atoms with Gasteiger partial charge in [-0.2, -0.15) is 4.98 Å². The van der Waals surface area contributed by atoms with Crippen LogP contribution in [-0.4, -0.2) is 24.1 Å². The SMILES string of the molecule is Nc1ccc(Nc2nc3c(-n4ccnc4)cccn3n2)cc1. The van der Waals surface area contributed by atoms with Crippen molar-refractivity contribution < 1.29 is 0 Å². The normalized spacial score (nSPS) is 10.9. The van der Waals surface area contributed by atoms with Crippen LogP contribution in [0, 0.1) is 0 Å². The molecule has 0 aliphatic rings. The van der Waals surface area contributed by atoms with Crippen molar-refractivity contribution in [3.8, 4) is 5.69 Å². The Morgan fingerprint density at radius 1 is 1.05 bits per heavy atom. The fraction of sp³-hybridized carbons (Fsp3) is 0. The van der Waals surface area contributed by atoms with Crippen molar-refractivity contribution >= 4 is 23.0 Å². The van der Waals surface area contributed by atoms with E-state index in [-0.39, 0.29) is 0 Å². The van der Waals surface area contributed by atoms with Crippen LogP contribution in [-0.2, 0) is 0 Å². The number of nitrogens with one attached hydrogen (secondary N) is 1. The van der Waals surface area contributed by atoms with Crippen molar-refractivity contribution in [1.29, 1.82) is 0 Å². The number of pyridine rings is 1. The van der Waals surface area contributed by atoms with Crippen LogP contribution in [0.15, 0.2) is 61.3 Å². The highest BCUT2D eigenvalue weighted by Crippen LogP contribution is 2.19. The number of nitrogens with zero attached hydrogens (tertiary/aromatic N) is 5. The van der Waals surface area contributed by atoms with Crippen LogP contribution in [0.2, 0.25) is 0 Å². The van der Waals surface area contributed by atoms with Gasteiger partial charge in [0.15, 0.2) is 5.65 Å². The van der Waals surface area contributed by atoms with Gasteiger partial charge in [0.05, 0.1) is 12.0 Å². The second-order valence-corrected chi connectivity index (χ2v) is 4.81. The molecular formula is C15H13N7. The first-order valence-electron chi connectivity index (χ1n) is 6.76. The first kappa shape index (κ1) is 12.4. The quantitative estimate of drug-likeness (QED) is 0.565. The number of hydrogen-bond donors (Lipinski definition) is 2. The van der Waals surface area contributed by atoms with Gasteiger partial charge in [-0.15, -0.1) is 5.10 Å². The molecule has 0 saturated carbocycles. The maximum Gasteiger partial charge on any atom is 0.247 e. The molecule has 1 aromatic carbocycles. The summed E-state index contributed by atoms with van der Waals surface area (Å²) >= 11 is 0. The molecule has 22 heavy (non-hydrogen) atoms. The number of aromatic nitrogens is 5. The Balaban J connectivity index is 1.74. The van der Waals surface area contributed by atoms with E-state index < -0.39 is 0 Å². The van der Waals surface area contributed by atoms with Crippen molar-refractivity contribution in [3.63, 3.8) is 0 Å². The fourth-order valence-corrected chi connectivity index (χ4v) is 2.24. The summed E-state index contributed by atoms with van der Waals surface area (Å²) < 4.78 is 3.63. The summed E-state index contributed by atoms with van der Waals surface area (Å²) in [6.45, 7) is 0. The van der Waals surface area contributed by atoms with Gasteiger partial charge in [-0.3, -0.25) is 0 Å². The van der Waals surface area contributed by atoms with Crippen LogP contribution in [0.25, 0.3) is 11.3 Å². The molecule has 0 amide bonds. The number of rotatable bonds is 3. The molecule has 3 aromatic heterocycles. The van der Waals surface area contributed by atoms with Gasteiger partial charge in [-0.1, -0.05) is 0 Å². The van der Waals surface area contributed by atoms with Crippen LogP contribution in [0.5, 0.6) is 0 Å². The molecule has 0 bridgehead atoms. The Hall–Kier alpha value is -3.35. The Morgan fingerprint density at radius 3 is 2.68 bits per heavy atom. The van der Waals surface area contributed by atoms with Crippen molar-refractivity contribution in [1.82, 2.24) is 24.1 Å². The highest BCUT2D eigenvalue weighted by atomic mass is 15.4. The molecule has 0 unspecified atom stereocenters. The van der Waals surface area contributed by atoms with E-state index in [4.69, 9.17) is 5.73 Å². The first-order chi connectivity index (χ1) is 10.8. The maximum absolute atomic E-state index is 5.68. The lowest BCUT2D eigenvalue weighted by Gasteiger charge is -2.02. The highest BCUT2D eigenvalue weighted by Gasteiger charge is 2.09. The van der Waals surface area contributed by atoms with Crippen LogP contribution in [0.1, 0.15) is 0 Å². The molecular weight excluding hydrogens is 278 g/mol. The van der Waals surface area contributed by atoms with Gasteiger partial charge in [-0.25, -0.2) is 9.50 Å². The van der Waals surface area contributed by atoms with E-state index in [1.165, 1.54) is 0 Å². The van der Waals surface area contributed by atoms with Gasteiger partial charge in [0, 0.05) is 30.0 Å². The molecule has 0 aliphatic heterocycles. The Bertz CT molecular complexity index is 907. The average molecular weight is 291 g/mol.